The summed E-state index contributed by atoms with van der Waals surface area (Å²) in [6.07, 6.45) is 7.70. The summed E-state index contributed by atoms with van der Waals surface area (Å²) < 4.78 is 0. The number of hydrogen-bond donors (Lipinski definition) is 1. The van der Waals surface area contributed by atoms with Crippen LogP contribution in [0, 0.1) is 0 Å². The molecule has 2 atom stereocenters. The molecule has 2 aliphatic heterocycles. The fraction of sp³-hybridized carbons (Fsp3) is 0.471. The van der Waals surface area contributed by atoms with E-state index in [9.17, 15) is 0 Å². The highest BCUT2D eigenvalue weighted by Gasteiger charge is 2.34. The monoisotopic (exact) mass is 282 g/mol. The summed E-state index contributed by atoms with van der Waals surface area (Å²) in [4.78, 5) is 9.42. The van der Waals surface area contributed by atoms with Gasteiger partial charge >= 0.3 is 0 Å². The predicted octanol–water partition coefficient (Wildman–Crippen LogP) is 2.49. The van der Waals surface area contributed by atoms with Crippen molar-refractivity contribution in [2.24, 2.45) is 0 Å². The lowest BCUT2D eigenvalue weighted by molar-refractivity contribution is 0.254. The van der Waals surface area contributed by atoms with Crippen LogP contribution in [0.2, 0.25) is 0 Å². The van der Waals surface area contributed by atoms with Gasteiger partial charge in [-0.1, -0.05) is 0 Å². The molecule has 2 unspecified atom stereocenters. The second-order valence-electron chi connectivity index (χ2n) is 6.38. The maximum atomic E-state index is 6.11. The topological polar surface area (TPSA) is 45.4 Å². The number of benzene rings is 1. The molecule has 0 spiro atoms. The maximum absolute atomic E-state index is 6.11. The van der Waals surface area contributed by atoms with Crippen molar-refractivity contribution in [1.29, 1.82) is 0 Å². The number of pyridine rings is 1. The number of likely N-dealkylation sites (N-methyl/N-ethyl adjacent to an activating group) is 1. The van der Waals surface area contributed by atoms with Crippen LogP contribution in [0.15, 0.2) is 30.6 Å². The Labute approximate surface area is 125 Å². The van der Waals surface area contributed by atoms with E-state index in [4.69, 9.17) is 5.73 Å². The fourth-order valence-corrected chi connectivity index (χ4v) is 4.00. The average molecular weight is 282 g/mol. The van der Waals surface area contributed by atoms with E-state index in [1.807, 2.05) is 24.5 Å². The van der Waals surface area contributed by atoms with Crippen LogP contribution in [-0.4, -0.2) is 42.1 Å². The van der Waals surface area contributed by atoms with Crippen molar-refractivity contribution in [2.75, 3.05) is 30.8 Å². The largest absolute Gasteiger partial charge is 0.398 e. The van der Waals surface area contributed by atoms with Crippen molar-refractivity contribution in [3.8, 4) is 0 Å². The van der Waals surface area contributed by atoms with Crippen LogP contribution in [-0.2, 0) is 0 Å². The molecule has 2 bridgehead atoms. The Kier molecular flexibility index (Phi) is 3.00. The lowest BCUT2D eigenvalue weighted by atomic mass is 10.0. The Bertz CT molecular complexity index is 669. The van der Waals surface area contributed by atoms with Gasteiger partial charge in [0.25, 0.3) is 0 Å². The normalized spacial score (nSPS) is 26.2. The highest BCUT2D eigenvalue weighted by atomic mass is 15.3. The first kappa shape index (κ1) is 12.9. The molecule has 2 aliphatic rings. The van der Waals surface area contributed by atoms with E-state index in [2.05, 4.69) is 27.9 Å². The van der Waals surface area contributed by atoms with E-state index < -0.39 is 0 Å². The van der Waals surface area contributed by atoms with Crippen molar-refractivity contribution in [2.45, 2.75) is 31.3 Å². The van der Waals surface area contributed by atoms with Gasteiger partial charge in [-0.25, -0.2) is 0 Å². The highest BCUT2D eigenvalue weighted by molar-refractivity contribution is 6.00. The first-order valence-corrected chi connectivity index (χ1v) is 7.83. The van der Waals surface area contributed by atoms with Gasteiger partial charge in [0.15, 0.2) is 0 Å². The smallest absolute Gasteiger partial charge is 0.0463 e. The van der Waals surface area contributed by atoms with E-state index in [0.29, 0.717) is 6.04 Å². The van der Waals surface area contributed by atoms with Crippen LogP contribution in [0.25, 0.3) is 10.8 Å². The number of aromatic nitrogens is 1. The van der Waals surface area contributed by atoms with Gasteiger partial charge in [-0.15, -0.1) is 0 Å². The quantitative estimate of drug-likeness (QED) is 0.816. The molecule has 2 saturated heterocycles. The molecule has 21 heavy (non-hydrogen) atoms. The van der Waals surface area contributed by atoms with Crippen LogP contribution < -0.4 is 10.6 Å². The molecule has 4 nitrogen and oxygen atoms in total. The van der Waals surface area contributed by atoms with Gasteiger partial charge in [0.05, 0.1) is 0 Å². The lowest BCUT2D eigenvalue weighted by Crippen LogP contribution is -2.36. The van der Waals surface area contributed by atoms with Crippen LogP contribution in [0.1, 0.15) is 19.3 Å². The number of nitrogens with two attached hydrogens (primary N) is 1. The SMILES string of the molecule is CN1C2CCC1CN(c1ccc(N)c3ccncc13)CC2. The molecule has 4 heteroatoms. The molecular formula is C17H22N4. The zero-order valence-electron chi connectivity index (χ0n) is 12.5. The van der Waals surface area contributed by atoms with Crippen LogP contribution in [0.5, 0.6) is 0 Å². The highest BCUT2D eigenvalue weighted by Crippen LogP contribution is 2.35. The number of nitrogen functional groups attached to an aromatic ring is 1. The second-order valence-corrected chi connectivity index (χ2v) is 6.38. The van der Waals surface area contributed by atoms with E-state index in [-0.39, 0.29) is 0 Å². The van der Waals surface area contributed by atoms with Crippen molar-refractivity contribution >= 4 is 22.1 Å². The Hall–Kier alpha value is -1.81. The third kappa shape index (κ3) is 2.05. The zero-order chi connectivity index (χ0) is 14.4. The molecule has 0 amide bonds. The van der Waals surface area contributed by atoms with E-state index in [0.717, 1.165) is 30.2 Å². The minimum atomic E-state index is 0.682. The Morgan fingerprint density at radius 2 is 1.95 bits per heavy atom. The van der Waals surface area contributed by atoms with Gasteiger partial charge in [-0.3, -0.25) is 9.88 Å². The van der Waals surface area contributed by atoms with E-state index in [1.54, 1.807) is 0 Å². The van der Waals surface area contributed by atoms with Gasteiger partial charge in [-0.05, 0) is 44.5 Å². The van der Waals surface area contributed by atoms with Crippen molar-refractivity contribution in [3.05, 3.63) is 30.6 Å². The maximum Gasteiger partial charge on any atom is 0.0463 e. The molecule has 0 aliphatic carbocycles. The predicted molar refractivity (Wildman–Crippen MR) is 87.6 cm³/mol. The third-order valence-corrected chi connectivity index (χ3v) is 5.32. The molecule has 2 N–H and O–H groups in total. The Balaban J connectivity index is 1.75. The average Bonchev–Trinajstić information content (AvgIpc) is 2.74. The van der Waals surface area contributed by atoms with Crippen LogP contribution in [0.3, 0.4) is 0 Å². The van der Waals surface area contributed by atoms with Crippen molar-refractivity contribution in [1.82, 2.24) is 9.88 Å². The molecule has 0 radical (unpaired) electrons. The second kappa shape index (κ2) is 4.88. The van der Waals surface area contributed by atoms with Gasteiger partial charge in [0.1, 0.15) is 0 Å². The first-order valence-electron chi connectivity index (χ1n) is 7.83. The number of anilines is 2. The molecule has 3 heterocycles. The summed E-state index contributed by atoms with van der Waals surface area (Å²) in [5.41, 5.74) is 8.24. The molecule has 2 aromatic rings. The Morgan fingerprint density at radius 1 is 1.10 bits per heavy atom. The van der Waals surface area contributed by atoms with Gasteiger partial charge in [-0.2, -0.15) is 0 Å². The van der Waals surface area contributed by atoms with Gasteiger partial charge in [0, 0.05) is 59.7 Å². The third-order valence-electron chi connectivity index (χ3n) is 5.32. The lowest BCUT2D eigenvalue weighted by Gasteiger charge is -2.28. The molecule has 0 saturated carbocycles. The first-order chi connectivity index (χ1) is 10.2. The summed E-state index contributed by atoms with van der Waals surface area (Å²) in [6, 6.07) is 7.66. The zero-order valence-corrected chi connectivity index (χ0v) is 12.5. The number of fused-ring (bicyclic) bond motifs is 3. The Morgan fingerprint density at radius 3 is 2.86 bits per heavy atom. The fourth-order valence-electron chi connectivity index (χ4n) is 4.00. The number of nitrogens with zero attached hydrogens (tertiary/aromatic N) is 3. The number of rotatable bonds is 1. The molecule has 1 aromatic heterocycles. The summed E-state index contributed by atoms with van der Waals surface area (Å²) in [7, 11) is 2.29. The minimum absolute atomic E-state index is 0.682. The summed E-state index contributed by atoms with van der Waals surface area (Å²) in [5.74, 6) is 0. The molecular weight excluding hydrogens is 260 g/mol. The van der Waals surface area contributed by atoms with Gasteiger partial charge < -0.3 is 10.6 Å². The van der Waals surface area contributed by atoms with Crippen molar-refractivity contribution < 1.29 is 0 Å². The molecule has 2 fully saturated rings. The van der Waals surface area contributed by atoms with E-state index in [1.165, 1.54) is 30.3 Å². The summed E-state index contributed by atoms with van der Waals surface area (Å²) in [6.45, 7) is 2.24. The molecule has 110 valence electrons. The molecule has 1 aromatic carbocycles. The van der Waals surface area contributed by atoms with E-state index >= 15 is 0 Å². The van der Waals surface area contributed by atoms with Gasteiger partial charge in [0.2, 0.25) is 0 Å². The van der Waals surface area contributed by atoms with Crippen LogP contribution >= 0.6 is 0 Å². The summed E-state index contributed by atoms with van der Waals surface area (Å²) >= 11 is 0. The summed E-state index contributed by atoms with van der Waals surface area (Å²) in [5, 5.41) is 2.29. The minimum Gasteiger partial charge on any atom is -0.398 e. The molecule has 4 rings (SSSR count). The van der Waals surface area contributed by atoms with Crippen LogP contribution in [0.4, 0.5) is 11.4 Å². The number of hydrogen-bond acceptors (Lipinski definition) is 4. The standard InChI is InChI=1S/C17H22N4/c1-20-12-2-3-13(20)11-21(9-7-12)17-5-4-16(18)14-6-8-19-10-15(14)17/h4-6,8,10,12-13H,2-3,7,9,11,18H2,1H3. The van der Waals surface area contributed by atoms with Crippen molar-refractivity contribution in [3.63, 3.8) is 0 Å².